The van der Waals surface area contributed by atoms with Gasteiger partial charge in [-0.15, -0.1) is 5.10 Å². The van der Waals surface area contributed by atoms with Gasteiger partial charge in [0.25, 0.3) is 5.91 Å². The Bertz CT molecular complexity index is 1260. The Morgan fingerprint density at radius 2 is 2.03 bits per heavy atom. The highest BCUT2D eigenvalue weighted by Crippen LogP contribution is 2.29. The van der Waals surface area contributed by atoms with E-state index in [1.165, 1.54) is 18.2 Å². The number of fused-ring (bicyclic) bond motifs is 1. The second kappa shape index (κ2) is 8.61. The van der Waals surface area contributed by atoms with Gasteiger partial charge in [-0.25, -0.2) is 13.9 Å². The number of ether oxygens (including phenoxy) is 2. The highest BCUT2D eigenvalue weighted by atomic mass is 35.5. The quantitative estimate of drug-likeness (QED) is 0.474. The fourth-order valence-corrected chi connectivity index (χ4v) is 3.09. The second-order valence-corrected chi connectivity index (χ2v) is 7.11. The molecule has 0 saturated carbocycles. The standard InChI is InChI=1S/C22H18ClFN4O3/c1-13(31-16-5-3-4-15(24)11-16)22(29)26-18-10-14(6-7-17(18)23)19-12-28-20(25-19)8-9-21(27-28)30-2/h3-13H,1-2H3,(H,26,29)/t13-/m0/s1. The number of hydrogen-bond acceptors (Lipinski definition) is 5. The minimum atomic E-state index is -0.867. The lowest BCUT2D eigenvalue weighted by atomic mass is 10.1. The predicted molar refractivity (Wildman–Crippen MR) is 115 cm³/mol. The van der Waals surface area contributed by atoms with Gasteiger partial charge in [0, 0.05) is 17.7 Å². The van der Waals surface area contributed by atoms with Crippen LogP contribution in [0.25, 0.3) is 16.9 Å². The van der Waals surface area contributed by atoms with Gasteiger partial charge in [0.15, 0.2) is 11.8 Å². The van der Waals surface area contributed by atoms with Gasteiger partial charge >= 0.3 is 0 Å². The number of nitrogens with zero attached hydrogens (tertiary/aromatic N) is 3. The first-order chi connectivity index (χ1) is 14.9. The maximum Gasteiger partial charge on any atom is 0.265 e. The first-order valence-electron chi connectivity index (χ1n) is 9.36. The molecule has 1 atom stereocenters. The molecule has 2 aromatic carbocycles. The Hall–Kier alpha value is -3.65. The van der Waals surface area contributed by atoms with E-state index in [0.717, 1.165) is 5.56 Å². The lowest BCUT2D eigenvalue weighted by Crippen LogP contribution is -2.30. The molecule has 0 bridgehead atoms. The summed E-state index contributed by atoms with van der Waals surface area (Å²) < 4.78 is 25.6. The number of hydrogen-bond donors (Lipinski definition) is 1. The molecule has 0 unspecified atom stereocenters. The lowest BCUT2D eigenvalue weighted by molar-refractivity contribution is -0.122. The zero-order valence-electron chi connectivity index (χ0n) is 16.7. The molecule has 2 aromatic heterocycles. The van der Waals surface area contributed by atoms with E-state index in [9.17, 15) is 9.18 Å². The van der Waals surface area contributed by atoms with Gasteiger partial charge in [-0.05, 0) is 37.3 Å². The van der Waals surface area contributed by atoms with Crippen molar-refractivity contribution in [1.29, 1.82) is 0 Å². The third-order valence-electron chi connectivity index (χ3n) is 4.50. The monoisotopic (exact) mass is 440 g/mol. The van der Waals surface area contributed by atoms with Crippen LogP contribution in [0.1, 0.15) is 6.92 Å². The molecular weight excluding hydrogens is 423 g/mol. The van der Waals surface area contributed by atoms with Crippen LogP contribution in [0.3, 0.4) is 0 Å². The number of benzene rings is 2. The van der Waals surface area contributed by atoms with Gasteiger partial charge in [0.2, 0.25) is 5.88 Å². The summed E-state index contributed by atoms with van der Waals surface area (Å²) in [4.78, 5) is 17.1. The third-order valence-corrected chi connectivity index (χ3v) is 4.83. The molecule has 0 aliphatic carbocycles. The second-order valence-electron chi connectivity index (χ2n) is 6.71. The van der Waals surface area contributed by atoms with Crippen LogP contribution in [0.2, 0.25) is 5.02 Å². The maximum absolute atomic E-state index is 13.3. The van der Waals surface area contributed by atoms with Gasteiger partial charge in [0.05, 0.1) is 29.7 Å². The molecule has 31 heavy (non-hydrogen) atoms. The molecule has 0 fully saturated rings. The number of halogens is 2. The zero-order valence-corrected chi connectivity index (χ0v) is 17.4. The number of nitrogens with one attached hydrogen (secondary N) is 1. The summed E-state index contributed by atoms with van der Waals surface area (Å²) in [6, 6.07) is 14.3. The van der Waals surface area contributed by atoms with E-state index in [1.807, 2.05) is 0 Å². The average Bonchev–Trinajstić information content (AvgIpc) is 3.18. The van der Waals surface area contributed by atoms with E-state index in [-0.39, 0.29) is 5.75 Å². The Balaban J connectivity index is 1.54. The predicted octanol–water partition coefficient (Wildman–Crippen LogP) is 4.60. The molecule has 1 N–H and O–H groups in total. The van der Waals surface area contributed by atoms with Crippen LogP contribution in [-0.2, 0) is 4.79 Å². The SMILES string of the molecule is COc1ccc2nc(-c3ccc(Cl)c(NC(=O)[C@H](C)Oc4cccc(F)c4)c3)cn2n1. The molecule has 2 heterocycles. The Kier molecular flexibility index (Phi) is 5.73. The topological polar surface area (TPSA) is 77.8 Å². The van der Waals surface area contributed by atoms with E-state index >= 15 is 0 Å². The van der Waals surface area contributed by atoms with Gasteiger partial charge in [0.1, 0.15) is 11.6 Å². The van der Waals surface area contributed by atoms with Crippen LogP contribution < -0.4 is 14.8 Å². The van der Waals surface area contributed by atoms with Crippen LogP contribution in [-0.4, -0.2) is 33.7 Å². The highest BCUT2D eigenvalue weighted by Gasteiger charge is 2.17. The molecule has 0 radical (unpaired) electrons. The Morgan fingerprint density at radius 3 is 2.81 bits per heavy atom. The largest absolute Gasteiger partial charge is 0.481 e. The van der Waals surface area contributed by atoms with Gasteiger partial charge in [-0.3, -0.25) is 4.79 Å². The lowest BCUT2D eigenvalue weighted by Gasteiger charge is -2.16. The number of rotatable bonds is 6. The van der Waals surface area contributed by atoms with Crippen molar-refractivity contribution < 1.29 is 18.7 Å². The van der Waals surface area contributed by atoms with Crippen LogP contribution in [0.4, 0.5) is 10.1 Å². The van der Waals surface area contributed by atoms with Crippen molar-refractivity contribution in [2.24, 2.45) is 0 Å². The normalized spacial score (nSPS) is 11.9. The van der Waals surface area contributed by atoms with Gasteiger partial charge in [-0.2, -0.15) is 0 Å². The zero-order chi connectivity index (χ0) is 22.0. The molecule has 7 nitrogen and oxygen atoms in total. The summed E-state index contributed by atoms with van der Waals surface area (Å²) in [5.74, 6) is -0.145. The fraction of sp³-hybridized carbons (Fsp3) is 0.136. The number of amides is 1. The molecule has 158 valence electrons. The molecule has 4 aromatic rings. The number of imidazole rings is 1. The smallest absolute Gasteiger partial charge is 0.265 e. The minimum absolute atomic E-state index is 0.259. The summed E-state index contributed by atoms with van der Waals surface area (Å²) in [5.41, 5.74) is 2.44. The first kappa shape index (κ1) is 20.6. The van der Waals surface area contributed by atoms with Crippen LogP contribution >= 0.6 is 11.6 Å². The number of carbonyl (C=O) groups is 1. The number of aromatic nitrogens is 3. The van der Waals surface area contributed by atoms with E-state index in [0.29, 0.717) is 27.9 Å². The highest BCUT2D eigenvalue weighted by molar-refractivity contribution is 6.33. The van der Waals surface area contributed by atoms with Crippen molar-refractivity contribution in [3.8, 4) is 22.9 Å². The summed E-state index contributed by atoms with van der Waals surface area (Å²) >= 11 is 6.27. The van der Waals surface area contributed by atoms with Gasteiger partial charge in [-0.1, -0.05) is 23.7 Å². The minimum Gasteiger partial charge on any atom is -0.481 e. The van der Waals surface area contributed by atoms with Crippen molar-refractivity contribution >= 4 is 28.8 Å². The van der Waals surface area contributed by atoms with Crippen LogP contribution in [0.15, 0.2) is 60.8 Å². The van der Waals surface area contributed by atoms with Crippen molar-refractivity contribution in [1.82, 2.24) is 14.6 Å². The van der Waals surface area contributed by atoms with E-state index in [1.54, 1.807) is 61.1 Å². The van der Waals surface area contributed by atoms with E-state index in [2.05, 4.69) is 15.4 Å². The van der Waals surface area contributed by atoms with Crippen LogP contribution in [0, 0.1) is 5.82 Å². The number of methoxy groups -OCH3 is 1. The molecular formula is C22H18ClFN4O3. The Labute approximate surface area is 182 Å². The molecule has 0 aliphatic rings. The summed E-state index contributed by atoms with van der Waals surface area (Å²) in [6.45, 7) is 1.57. The Morgan fingerprint density at radius 1 is 1.19 bits per heavy atom. The number of anilines is 1. The first-order valence-corrected chi connectivity index (χ1v) is 9.74. The van der Waals surface area contributed by atoms with E-state index in [4.69, 9.17) is 21.1 Å². The summed E-state index contributed by atoms with van der Waals surface area (Å²) in [5, 5.41) is 7.40. The van der Waals surface area contributed by atoms with Gasteiger partial charge < -0.3 is 14.8 Å². The summed E-state index contributed by atoms with van der Waals surface area (Å²) in [6.07, 6.45) is 0.885. The van der Waals surface area contributed by atoms with Crippen molar-refractivity contribution in [2.75, 3.05) is 12.4 Å². The van der Waals surface area contributed by atoms with Crippen molar-refractivity contribution in [3.63, 3.8) is 0 Å². The maximum atomic E-state index is 13.3. The average molecular weight is 441 g/mol. The van der Waals surface area contributed by atoms with Crippen molar-refractivity contribution in [3.05, 3.63) is 71.6 Å². The molecule has 0 spiro atoms. The third kappa shape index (κ3) is 4.59. The fourth-order valence-electron chi connectivity index (χ4n) is 2.93. The van der Waals surface area contributed by atoms with Crippen LogP contribution in [0.5, 0.6) is 11.6 Å². The van der Waals surface area contributed by atoms with E-state index < -0.39 is 17.8 Å². The summed E-state index contributed by atoms with van der Waals surface area (Å²) in [7, 11) is 1.54. The molecule has 1 amide bonds. The molecule has 4 rings (SSSR count). The molecule has 9 heteroatoms. The molecule has 0 saturated heterocycles. The number of carbonyl (C=O) groups excluding carboxylic acids is 1. The molecule has 0 aliphatic heterocycles. The van der Waals surface area contributed by atoms with Crippen molar-refractivity contribution in [2.45, 2.75) is 13.0 Å².